The van der Waals surface area contributed by atoms with Crippen molar-refractivity contribution in [2.24, 2.45) is 5.92 Å². The summed E-state index contributed by atoms with van der Waals surface area (Å²) in [5.74, 6) is 0.188. The second-order valence-electron chi connectivity index (χ2n) is 7.86. The van der Waals surface area contributed by atoms with E-state index in [1.54, 1.807) is 22.8 Å². The highest BCUT2D eigenvalue weighted by Crippen LogP contribution is 2.25. The highest BCUT2D eigenvalue weighted by molar-refractivity contribution is 8.00. The summed E-state index contributed by atoms with van der Waals surface area (Å²) in [5.41, 5.74) is 0.152. The van der Waals surface area contributed by atoms with E-state index in [0.29, 0.717) is 27.6 Å². The lowest BCUT2D eigenvalue weighted by Gasteiger charge is -2.23. The molecule has 0 aliphatic rings. The van der Waals surface area contributed by atoms with Crippen molar-refractivity contribution in [2.45, 2.75) is 64.0 Å². The van der Waals surface area contributed by atoms with E-state index in [-0.39, 0.29) is 28.2 Å². The van der Waals surface area contributed by atoms with Gasteiger partial charge in [-0.15, -0.1) is 0 Å². The fraction of sp³-hybridized carbons (Fsp3) is 0.526. The van der Waals surface area contributed by atoms with Crippen molar-refractivity contribution in [1.29, 1.82) is 0 Å². The van der Waals surface area contributed by atoms with Gasteiger partial charge in [0, 0.05) is 17.1 Å². The van der Waals surface area contributed by atoms with Gasteiger partial charge in [-0.3, -0.25) is 14.2 Å². The molecule has 1 atom stereocenters. The molecule has 0 fully saturated rings. The number of thioether (sulfide) groups is 1. The largest absolute Gasteiger partial charge is 0.351 e. The van der Waals surface area contributed by atoms with Crippen LogP contribution in [-0.4, -0.2) is 26.2 Å². The Balaban J connectivity index is 2.46. The van der Waals surface area contributed by atoms with Crippen LogP contribution in [0.1, 0.15) is 41.5 Å². The Bertz CT molecular complexity index is 871. The number of fused-ring (bicyclic) bond motifs is 1. The molecule has 142 valence electrons. The van der Waals surface area contributed by atoms with Gasteiger partial charge in [-0.2, -0.15) is 0 Å². The predicted octanol–water partition coefficient (Wildman–Crippen LogP) is 4.10. The number of carbonyl (C=O) groups is 1. The molecule has 0 bridgehead atoms. The summed E-state index contributed by atoms with van der Waals surface area (Å²) >= 11 is 7.34. The molecule has 2 aromatic rings. The van der Waals surface area contributed by atoms with Crippen molar-refractivity contribution >= 4 is 40.2 Å². The number of halogens is 1. The summed E-state index contributed by atoms with van der Waals surface area (Å²) in [6.07, 6.45) is 0. The zero-order chi connectivity index (χ0) is 19.6. The SMILES string of the molecule is CC(C)Cn1c(SC(C)C(=O)NC(C)(C)C)nc2ccc(Cl)cc2c1=O. The van der Waals surface area contributed by atoms with Crippen LogP contribution in [0.5, 0.6) is 0 Å². The van der Waals surface area contributed by atoms with Crippen molar-refractivity contribution in [3.05, 3.63) is 33.6 Å². The number of nitrogens with one attached hydrogen (secondary N) is 1. The van der Waals surface area contributed by atoms with Gasteiger partial charge in [-0.05, 0) is 51.8 Å². The molecule has 26 heavy (non-hydrogen) atoms. The fourth-order valence-corrected chi connectivity index (χ4v) is 3.56. The first-order chi connectivity index (χ1) is 12.0. The van der Waals surface area contributed by atoms with Gasteiger partial charge in [0.25, 0.3) is 5.56 Å². The van der Waals surface area contributed by atoms with Crippen molar-refractivity contribution in [1.82, 2.24) is 14.9 Å². The normalized spacial score (nSPS) is 13.2. The summed E-state index contributed by atoms with van der Waals surface area (Å²) in [5, 5.41) is 4.15. The Morgan fingerprint density at radius 1 is 1.31 bits per heavy atom. The predicted molar refractivity (Wildman–Crippen MR) is 109 cm³/mol. The Kier molecular flexibility index (Phi) is 6.40. The first-order valence-electron chi connectivity index (χ1n) is 8.66. The third-order valence-corrected chi connectivity index (χ3v) is 4.90. The number of hydrogen-bond donors (Lipinski definition) is 1. The molecule has 0 spiro atoms. The fourth-order valence-electron chi connectivity index (χ4n) is 2.47. The lowest BCUT2D eigenvalue weighted by Crippen LogP contribution is -2.44. The Hall–Kier alpha value is -1.53. The highest BCUT2D eigenvalue weighted by atomic mass is 35.5. The van der Waals surface area contributed by atoms with Crippen LogP contribution < -0.4 is 10.9 Å². The van der Waals surface area contributed by atoms with Gasteiger partial charge in [0.2, 0.25) is 5.91 Å². The summed E-state index contributed by atoms with van der Waals surface area (Å²) in [4.78, 5) is 30.0. The van der Waals surface area contributed by atoms with E-state index in [1.165, 1.54) is 11.8 Å². The van der Waals surface area contributed by atoms with E-state index in [4.69, 9.17) is 11.6 Å². The molecule has 0 saturated carbocycles. The van der Waals surface area contributed by atoms with Crippen molar-refractivity contribution < 1.29 is 4.79 Å². The first-order valence-corrected chi connectivity index (χ1v) is 9.92. The smallest absolute Gasteiger partial charge is 0.262 e. The Morgan fingerprint density at radius 2 is 1.96 bits per heavy atom. The van der Waals surface area contributed by atoms with Gasteiger partial charge in [-0.25, -0.2) is 4.98 Å². The second kappa shape index (κ2) is 8.01. The van der Waals surface area contributed by atoms with Gasteiger partial charge in [0.15, 0.2) is 5.16 Å². The number of amides is 1. The van der Waals surface area contributed by atoms with Gasteiger partial charge < -0.3 is 5.32 Å². The number of aromatic nitrogens is 2. The molecule has 0 radical (unpaired) electrons. The molecular formula is C19H26ClN3O2S. The topological polar surface area (TPSA) is 64.0 Å². The van der Waals surface area contributed by atoms with Crippen LogP contribution in [0.4, 0.5) is 0 Å². The zero-order valence-electron chi connectivity index (χ0n) is 16.1. The first kappa shape index (κ1) is 20.8. The maximum Gasteiger partial charge on any atom is 0.262 e. The van der Waals surface area contributed by atoms with Gasteiger partial charge >= 0.3 is 0 Å². The molecule has 1 N–H and O–H groups in total. The van der Waals surface area contributed by atoms with E-state index in [1.807, 2.05) is 41.5 Å². The number of hydrogen-bond acceptors (Lipinski definition) is 4. The summed E-state index contributed by atoms with van der Waals surface area (Å²) in [6.45, 7) is 12.3. The second-order valence-corrected chi connectivity index (χ2v) is 9.61. The molecule has 1 amide bonds. The number of rotatable bonds is 5. The van der Waals surface area contributed by atoms with E-state index >= 15 is 0 Å². The summed E-state index contributed by atoms with van der Waals surface area (Å²) in [6, 6.07) is 5.10. The molecule has 1 aromatic carbocycles. The van der Waals surface area contributed by atoms with E-state index in [0.717, 1.165) is 0 Å². The van der Waals surface area contributed by atoms with Gasteiger partial charge in [0.1, 0.15) is 0 Å². The lowest BCUT2D eigenvalue weighted by atomic mass is 10.1. The average molecular weight is 396 g/mol. The number of benzene rings is 1. The Morgan fingerprint density at radius 3 is 2.54 bits per heavy atom. The van der Waals surface area contributed by atoms with E-state index in [2.05, 4.69) is 10.3 Å². The standard InChI is InChI=1S/C19H26ClN3O2S/c1-11(2)10-23-17(25)14-9-13(20)7-8-15(14)21-18(23)26-12(3)16(24)22-19(4,5)6/h7-9,11-12H,10H2,1-6H3,(H,22,24). The molecule has 1 unspecified atom stereocenters. The van der Waals surface area contributed by atoms with Gasteiger partial charge in [-0.1, -0.05) is 37.2 Å². The van der Waals surface area contributed by atoms with Crippen LogP contribution in [-0.2, 0) is 11.3 Å². The zero-order valence-corrected chi connectivity index (χ0v) is 17.7. The summed E-state index contributed by atoms with van der Waals surface area (Å²) < 4.78 is 1.65. The van der Waals surface area contributed by atoms with Crippen LogP contribution in [0.2, 0.25) is 5.02 Å². The third-order valence-electron chi connectivity index (χ3n) is 3.58. The number of carbonyl (C=O) groups excluding carboxylic acids is 1. The molecule has 7 heteroatoms. The molecule has 2 rings (SSSR count). The number of nitrogens with zero attached hydrogens (tertiary/aromatic N) is 2. The minimum atomic E-state index is -0.371. The van der Waals surface area contributed by atoms with Crippen LogP contribution >= 0.6 is 23.4 Å². The average Bonchev–Trinajstić information content (AvgIpc) is 2.50. The van der Waals surface area contributed by atoms with Crippen LogP contribution in [0.25, 0.3) is 10.9 Å². The molecule has 1 heterocycles. The highest BCUT2D eigenvalue weighted by Gasteiger charge is 2.23. The van der Waals surface area contributed by atoms with Crippen LogP contribution in [0.15, 0.2) is 28.2 Å². The van der Waals surface area contributed by atoms with Crippen molar-refractivity contribution in [2.75, 3.05) is 0 Å². The Labute approximate surface area is 163 Å². The summed E-state index contributed by atoms with van der Waals surface area (Å²) in [7, 11) is 0. The molecule has 1 aromatic heterocycles. The van der Waals surface area contributed by atoms with Crippen molar-refractivity contribution in [3.8, 4) is 0 Å². The van der Waals surface area contributed by atoms with Crippen LogP contribution in [0.3, 0.4) is 0 Å². The molecule has 0 aliphatic heterocycles. The van der Waals surface area contributed by atoms with Crippen LogP contribution in [0, 0.1) is 5.92 Å². The minimum Gasteiger partial charge on any atom is -0.351 e. The van der Waals surface area contributed by atoms with E-state index in [9.17, 15) is 9.59 Å². The molecule has 5 nitrogen and oxygen atoms in total. The quantitative estimate of drug-likeness (QED) is 0.611. The lowest BCUT2D eigenvalue weighted by molar-refractivity contribution is -0.121. The van der Waals surface area contributed by atoms with E-state index < -0.39 is 0 Å². The molecule has 0 saturated heterocycles. The van der Waals surface area contributed by atoms with Crippen molar-refractivity contribution in [3.63, 3.8) is 0 Å². The monoisotopic (exact) mass is 395 g/mol. The third kappa shape index (κ3) is 5.24. The van der Waals surface area contributed by atoms with Gasteiger partial charge in [0.05, 0.1) is 16.2 Å². The maximum absolute atomic E-state index is 13.0. The molecule has 0 aliphatic carbocycles. The molecular weight excluding hydrogens is 370 g/mol. The minimum absolute atomic E-state index is 0.0796. The maximum atomic E-state index is 13.0.